The Morgan fingerprint density at radius 1 is 1.13 bits per heavy atom. The molecule has 0 spiro atoms. The van der Waals surface area contributed by atoms with Gasteiger partial charge < -0.3 is 0 Å². The summed E-state index contributed by atoms with van der Waals surface area (Å²) >= 11 is 0. The van der Waals surface area contributed by atoms with Crippen LogP contribution >= 0.6 is 0 Å². The van der Waals surface area contributed by atoms with Gasteiger partial charge in [0.25, 0.3) is 0 Å². The molecule has 1 aromatic carbocycles. The van der Waals surface area contributed by atoms with Crippen LogP contribution in [0.4, 0.5) is 0 Å². The zero-order chi connectivity index (χ0) is 10.7. The molecule has 0 aliphatic carbocycles. The summed E-state index contributed by atoms with van der Waals surface area (Å²) in [6.45, 7) is 3.22. The largest absolute Gasteiger partial charge is 0.266 e. The second kappa shape index (κ2) is 4.08. The highest BCUT2D eigenvalue weighted by atomic mass is 15.6. The molecule has 0 bridgehead atoms. The van der Waals surface area contributed by atoms with E-state index in [-0.39, 0.29) is 0 Å². The number of aromatic nitrogens is 4. The first-order valence-corrected chi connectivity index (χ1v) is 4.90. The molecule has 5 nitrogen and oxygen atoms in total. The van der Waals surface area contributed by atoms with E-state index in [9.17, 15) is 0 Å². The molecular formula is C10H13N5. The Morgan fingerprint density at radius 2 is 1.80 bits per heavy atom. The summed E-state index contributed by atoms with van der Waals surface area (Å²) < 4.78 is 3.14. The maximum atomic E-state index is 7.78. The van der Waals surface area contributed by atoms with Gasteiger partial charge in [0.1, 0.15) is 0 Å². The van der Waals surface area contributed by atoms with E-state index in [4.69, 9.17) is 5.41 Å². The van der Waals surface area contributed by atoms with Crippen LogP contribution in [0.3, 0.4) is 0 Å². The summed E-state index contributed by atoms with van der Waals surface area (Å²) in [5.41, 5.74) is 1.46. The third-order valence-electron chi connectivity index (χ3n) is 2.22. The molecule has 5 heteroatoms. The van der Waals surface area contributed by atoms with Gasteiger partial charge in [0.2, 0.25) is 5.62 Å². The molecule has 2 aromatic rings. The maximum Gasteiger partial charge on any atom is 0.238 e. The van der Waals surface area contributed by atoms with Crippen LogP contribution in [0.2, 0.25) is 0 Å². The van der Waals surface area contributed by atoms with Crippen molar-refractivity contribution in [3.63, 3.8) is 0 Å². The monoisotopic (exact) mass is 203 g/mol. The minimum Gasteiger partial charge on any atom is -0.266 e. The Hall–Kier alpha value is -1.91. The van der Waals surface area contributed by atoms with Crippen LogP contribution in [-0.4, -0.2) is 19.8 Å². The van der Waals surface area contributed by atoms with Crippen LogP contribution < -0.4 is 5.62 Å². The van der Waals surface area contributed by atoms with E-state index in [1.807, 2.05) is 37.3 Å². The zero-order valence-corrected chi connectivity index (χ0v) is 8.59. The third kappa shape index (κ3) is 1.96. The van der Waals surface area contributed by atoms with Gasteiger partial charge in [-0.3, -0.25) is 5.41 Å². The van der Waals surface area contributed by atoms with Crippen LogP contribution in [0, 0.1) is 5.41 Å². The van der Waals surface area contributed by atoms with Crippen molar-refractivity contribution < 1.29 is 0 Å². The van der Waals surface area contributed by atoms with Crippen molar-refractivity contribution in [3.8, 4) is 0 Å². The van der Waals surface area contributed by atoms with Crippen molar-refractivity contribution >= 4 is 0 Å². The molecule has 1 aromatic heterocycles. The first-order valence-electron chi connectivity index (χ1n) is 4.90. The number of hydrogen-bond donors (Lipinski definition) is 1. The molecule has 1 N–H and O–H groups in total. The van der Waals surface area contributed by atoms with Crippen molar-refractivity contribution in [1.82, 2.24) is 19.8 Å². The average Bonchev–Trinajstić information content (AvgIpc) is 2.62. The molecule has 0 saturated heterocycles. The van der Waals surface area contributed by atoms with Gasteiger partial charge in [0.05, 0.1) is 6.54 Å². The van der Waals surface area contributed by atoms with Crippen LogP contribution in [0.5, 0.6) is 0 Å². The Balaban J connectivity index is 2.26. The van der Waals surface area contributed by atoms with Gasteiger partial charge in [-0.05, 0) is 22.9 Å². The fourth-order valence-electron chi connectivity index (χ4n) is 1.39. The lowest BCUT2D eigenvalue weighted by molar-refractivity contribution is 0.590. The predicted octanol–water partition coefficient (Wildman–Crippen LogP) is 0.627. The molecule has 15 heavy (non-hydrogen) atoms. The first-order chi connectivity index (χ1) is 7.31. The zero-order valence-electron chi connectivity index (χ0n) is 8.59. The van der Waals surface area contributed by atoms with E-state index in [0.717, 1.165) is 5.56 Å². The molecule has 0 amide bonds. The number of nitrogens with zero attached hydrogens (tertiary/aromatic N) is 4. The van der Waals surface area contributed by atoms with Crippen molar-refractivity contribution in [2.45, 2.75) is 20.0 Å². The molecule has 0 aliphatic rings. The molecule has 78 valence electrons. The molecule has 0 atom stereocenters. The van der Waals surface area contributed by atoms with Gasteiger partial charge in [-0.2, -0.15) is 0 Å². The van der Waals surface area contributed by atoms with Crippen molar-refractivity contribution in [1.29, 1.82) is 5.41 Å². The summed E-state index contributed by atoms with van der Waals surface area (Å²) in [4.78, 5) is 0. The van der Waals surface area contributed by atoms with Crippen LogP contribution in [0.1, 0.15) is 12.5 Å². The van der Waals surface area contributed by atoms with E-state index >= 15 is 0 Å². The first kappa shape index (κ1) is 9.64. The second-order valence-corrected chi connectivity index (χ2v) is 3.26. The number of benzene rings is 1. The highest BCUT2D eigenvalue weighted by molar-refractivity contribution is 5.14. The third-order valence-corrected chi connectivity index (χ3v) is 2.22. The minimum atomic E-state index is 0.335. The minimum absolute atomic E-state index is 0.335. The number of nitrogens with one attached hydrogen (secondary N) is 1. The van der Waals surface area contributed by atoms with E-state index in [2.05, 4.69) is 10.4 Å². The summed E-state index contributed by atoms with van der Waals surface area (Å²) in [6.07, 6.45) is 0. The van der Waals surface area contributed by atoms with Gasteiger partial charge in [-0.25, -0.2) is 9.36 Å². The van der Waals surface area contributed by atoms with Gasteiger partial charge in [-0.15, -0.1) is 0 Å². The highest BCUT2D eigenvalue weighted by Crippen LogP contribution is 1.98. The standard InChI is InChI=1S/C10H13N5/c1-2-14-10(11)15(13-12-14)8-9-6-4-3-5-7-9/h3-7,11H,2,8H2,1H3. The van der Waals surface area contributed by atoms with Crippen LogP contribution in [0.15, 0.2) is 30.3 Å². The Labute approximate surface area is 87.5 Å². The molecule has 0 radical (unpaired) electrons. The fraction of sp³-hybridized carbons (Fsp3) is 0.300. The maximum absolute atomic E-state index is 7.78. The number of aryl methyl sites for hydroxylation is 1. The molecule has 1 heterocycles. The average molecular weight is 203 g/mol. The SMILES string of the molecule is CCn1nnn(Cc2ccccc2)c1=N. The van der Waals surface area contributed by atoms with Gasteiger partial charge in [0, 0.05) is 6.54 Å². The number of rotatable bonds is 3. The number of hydrogen-bond acceptors (Lipinski definition) is 3. The second-order valence-electron chi connectivity index (χ2n) is 3.26. The molecule has 0 unspecified atom stereocenters. The molecule has 0 aliphatic heterocycles. The van der Waals surface area contributed by atoms with Crippen molar-refractivity contribution in [2.75, 3.05) is 0 Å². The lowest BCUT2D eigenvalue weighted by Crippen LogP contribution is -2.25. The highest BCUT2D eigenvalue weighted by Gasteiger charge is 2.01. The Morgan fingerprint density at radius 3 is 2.40 bits per heavy atom. The van der Waals surface area contributed by atoms with E-state index in [1.54, 1.807) is 9.36 Å². The summed E-state index contributed by atoms with van der Waals surface area (Å²) in [6, 6.07) is 9.95. The smallest absolute Gasteiger partial charge is 0.238 e. The quantitative estimate of drug-likeness (QED) is 0.795. The lowest BCUT2D eigenvalue weighted by Gasteiger charge is -1.99. The summed E-state index contributed by atoms with van der Waals surface area (Å²) in [5, 5.41) is 15.6. The molecule has 2 rings (SSSR count). The predicted molar refractivity (Wildman–Crippen MR) is 55.1 cm³/mol. The number of tetrazole rings is 1. The summed E-state index contributed by atoms with van der Waals surface area (Å²) in [5.74, 6) is 0. The molecular weight excluding hydrogens is 190 g/mol. The lowest BCUT2D eigenvalue weighted by atomic mass is 10.2. The van der Waals surface area contributed by atoms with E-state index in [1.165, 1.54) is 0 Å². The van der Waals surface area contributed by atoms with E-state index < -0.39 is 0 Å². The summed E-state index contributed by atoms with van der Waals surface area (Å²) in [7, 11) is 0. The Bertz CT molecular complexity index is 482. The fourth-order valence-corrected chi connectivity index (χ4v) is 1.39. The normalized spacial score (nSPS) is 10.5. The van der Waals surface area contributed by atoms with Crippen molar-refractivity contribution in [3.05, 3.63) is 41.5 Å². The van der Waals surface area contributed by atoms with Gasteiger partial charge in [-0.1, -0.05) is 30.3 Å². The van der Waals surface area contributed by atoms with Crippen molar-refractivity contribution in [2.24, 2.45) is 0 Å². The van der Waals surface area contributed by atoms with Crippen LogP contribution in [0.25, 0.3) is 0 Å². The van der Waals surface area contributed by atoms with E-state index in [0.29, 0.717) is 18.7 Å². The topological polar surface area (TPSA) is 59.5 Å². The van der Waals surface area contributed by atoms with Gasteiger partial charge >= 0.3 is 0 Å². The molecule has 0 fully saturated rings. The van der Waals surface area contributed by atoms with Crippen LogP contribution in [-0.2, 0) is 13.1 Å². The van der Waals surface area contributed by atoms with Gasteiger partial charge in [0.15, 0.2) is 0 Å². The Kier molecular flexibility index (Phi) is 2.62. The molecule has 0 saturated carbocycles.